The molecule has 3 heterocycles. The summed E-state index contributed by atoms with van der Waals surface area (Å²) >= 11 is 1.02. The third-order valence-corrected chi connectivity index (χ3v) is 9.65. The summed E-state index contributed by atoms with van der Waals surface area (Å²) in [5.74, 6) is 5.02. The number of benzene rings is 1. The van der Waals surface area contributed by atoms with Crippen LogP contribution in [0.15, 0.2) is 30.3 Å². The highest BCUT2D eigenvalue weighted by molar-refractivity contribution is 7.69. The lowest BCUT2D eigenvalue weighted by Crippen LogP contribution is -2.46. The Morgan fingerprint density at radius 2 is 2.00 bits per heavy atom. The number of hydrogen-bond donors (Lipinski definition) is 1. The molecule has 46 heavy (non-hydrogen) atoms. The molecule has 1 aromatic carbocycles. The molecule has 1 saturated heterocycles. The van der Waals surface area contributed by atoms with Gasteiger partial charge in [0.2, 0.25) is 5.88 Å². The Kier molecular flexibility index (Phi) is 9.38. The van der Waals surface area contributed by atoms with Crippen molar-refractivity contribution < 1.29 is 40.5 Å². The summed E-state index contributed by atoms with van der Waals surface area (Å²) in [7, 11) is -4.17. The number of aromatic nitrogens is 1. The predicted octanol–water partition coefficient (Wildman–Crippen LogP) is 6.91. The normalized spacial score (nSPS) is 19.0. The molecule has 0 bridgehead atoms. The van der Waals surface area contributed by atoms with Crippen molar-refractivity contribution >= 4 is 51.5 Å². The minimum Gasteiger partial charge on any atom is -0.479 e. The van der Waals surface area contributed by atoms with E-state index in [1.54, 1.807) is 39.0 Å². The minimum atomic E-state index is -4.57. The molecule has 3 aromatic rings. The first-order valence-electron chi connectivity index (χ1n) is 16.0. The van der Waals surface area contributed by atoms with Gasteiger partial charge in [0.15, 0.2) is 0 Å². The Labute approximate surface area is 275 Å². The number of fused-ring (bicyclic) bond motifs is 1. The molecule has 0 aliphatic carbocycles. The molecule has 1 amide bonds. The van der Waals surface area contributed by atoms with Gasteiger partial charge in [0, 0.05) is 13.1 Å². The van der Waals surface area contributed by atoms with Gasteiger partial charge >= 0.3 is 12.3 Å². The number of halogens is 4. The third-order valence-electron chi connectivity index (χ3n) is 7.10. The van der Waals surface area contributed by atoms with Gasteiger partial charge in [-0.05, 0) is 76.7 Å². The van der Waals surface area contributed by atoms with Gasteiger partial charge < -0.3 is 24.3 Å². The average Bonchev–Trinajstić information content (AvgIpc) is 3.27. The molecule has 1 fully saturated rings. The predicted molar refractivity (Wildman–Crippen MR) is 176 cm³/mol. The maximum Gasteiger partial charge on any atom is 0.415 e. The van der Waals surface area contributed by atoms with Crippen LogP contribution in [0.3, 0.4) is 0 Å². The quantitative estimate of drug-likeness (QED) is 0.165. The molecule has 1 N–H and O–H groups in total. The summed E-state index contributed by atoms with van der Waals surface area (Å²) < 4.78 is 103. The standard InChI is InChI=1S/C32H39F4N4O4PS/c1-31(2,3)44-30(41)40(25-13-14-27(45(6,7)42)38-29(25)43-5)16-9-12-26-21(18-32(34,35)36)20-10-8-11-24(28(20)46-26)37-23-15-17-39(4)19-22(23)33/h8,10-11,13-14,22-23,37H,15-19H2,1-7H3/t22-,23+/m0/s1/i5D3. The zero-order valence-corrected chi connectivity index (χ0v) is 28.1. The average molecular weight is 686 g/mol. The number of nitrogens with zero attached hydrogens (tertiary/aromatic N) is 3. The Morgan fingerprint density at radius 3 is 2.63 bits per heavy atom. The second kappa shape index (κ2) is 13.8. The summed E-state index contributed by atoms with van der Waals surface area (Å²) in [5, 5.41) is 3.51. The van der Waals surface area contributed by atoms with Gasteiger partial charge in [-0.3, -0.25) is 4.90 Å². The fourth-order valence-corrected chi connectivity index (χ4v) is 6.88. The lowest BCUT2D eigenvalue weighted by Gasteiger charge is -2.33. The molecule has 14 heteroatoms. The van der Waals surface area contributed by atoms with E-state index >= 15 is 0 Å². The van der Waals surface area contributed by atoms with Crippen LogP contribution in [0.1, 0.15) is 41.7 Å². The molecule has 250 valence electrons. The number of methoxy groups -OCH3 is 1. The first-order chi connectivity index (χ1) is 22.5. The summed E-state index contributed by atoms with van der Waals surface area (Å²) in [5.41, 5.74) is -0.670. The van der Waals surface area contributed by atoms with Gasteiger partial charge in [0.1, 0.15) is 30.0 Å². The first-order valence-corrected chi connectivity index (χ1v) is 17.9. The number of likely N-dealkylation sites (tertiary alicyclic amines) is 1. The molecule has 1 aliphatic rings. The molecule has 4 rings (SSSR count). The van der Waals surface area contributed by atoms with Crippen molar-refractivity contribution in [3.8, 4) is 17.7 Å². The number of hydrogen-bond acceptors (Lipinski definition) is 8. The van der Waals surface area contributed by atoms with Crippen molar-refractivity contribution in [1.29, 1.82) is 0 Å². The topological polar surface area (TPSA) is 84.0 Å². The highest BCUT2D eigenvalue weighted by Gasteiger charge is 2.33. The number of alkyl halides is 4. The molecule has 0 unspecified atom stereocenters. The van der Waals surface area contributed by atoms with E-state index in [9.17, 15) is 26.9 Å². The summed E-state index contributed by atoms with van der Waals surface area (Å²) in [4.78, 5) is 20.5. The van der Waals surface area contributed by atoms with E-state index in [0.29, 0.717) is 28.7 Å². The third kappa shape index (κ3) is 8.93. The molecular formula is C32H39F4N4O4PS. The van der Waals surface area contributed by atoms with E-state index < -0.39 is 63.1 Å². The van der Waals surface area contributed by atoms with E-state index in [1.165, 1.54) is 25.5 Å². The van der Waals surface area contributed by atoms with Gasteiger partial charge in [-0.25, -0.2) is 14.2 Å². The molecule has 2 aromatic heterocycles. The number of rotatable bonds is 7. The Morgan fingerprint density at radius 1 is 1.26 bits per heavy atom. The number of piperidine rings is 1. The number of pyridine rings is 1. The smallest absolute Gasteiger partial charge is 0.415 e. The van der Waals surface area contributed by atoms with Crippen molar-refractivity contribution in [2.75, 3.05) is 57.3 Å². The summed E-state index contributed by atoms with van der Waals surface area (Å²) in [6, 6.07) is 7.01. The molecule has 0 spiro atoms. The first kappa shape index (κ1) is 31.3. The number of thiophene rings is 1. The van der Waals surface area contributed by atoms with E-state index in [4.69, 9.17) is 13.6 Å². The van der Waals surface area contributed by atoms with Crippen molar-refractivity contribution in [2.24, 2.45) is 0 Å². The van der Waals surface area contributed by atoms with Crippen LogP contribution in [-0.4, -0.2) is 87.0 Å². The van der Waals surface area contributed by atoms with E-state index in [-0.39, 0.29) is 28.1 Å². The molecule has 2 atom stereocenters. The van der Waals surface area contributed by atoms with Gasteiger partial charge in [0.05, 0.1) is 45.4 Å². The SMILES string of the molecule is [2H]C([2H])([2H])Oc1nc(P(C)(C)=O)ccc1N(CC#Cc1sc2c(N[C@@H]3CCN(C)C[C@@H]3F)cccc2c1CC(F)(F)F)C(=O)OC(C)(C)C. The molecule has 0 saturated carbocycles. The van der Waals surface area contributed by atoms with Crippen LogP contribution in [0.25, 0.3) is 10.1 Å². The van der Waals surface area contributed by atoms with Gasteiger partial charge in [-0.1, -0.05) is 24.0 Å². The number of carbonyl (C=O) groups is 1. The van der Waals surface area contributed by atoms with E-state index in [1.807, 2.05) is 11.9 Å². The van der Waals surface area contributed by atoms with Crippen LogP contribution in [-0.2, 0) is 15.7 Å². The fourth-order valence-electron chi connectivity index (χ4n) is 4.95. The maximum absolute atomic E-state index is 14.9. The van der Waals surface area contributed by atoms with Crippen molar-refractivity contribution in [3.63, 3.8) is 0 Å². The zero-order chi connectivity index (χ0) is 36.5. The molecule has 1 aliphatic heterocycles. The highest BCUT2D eigenvalue weighted by atomic mass is 32.1. The molecule has 0 radical (unpaired) electrons. The van der Waals surface area contributed by atoms with Crippen LogP contribution in [0, 0.1) is 11.8 Å². The Bertz CT molecular complexity index is 1800. The lowest BCUT2D eigenvalue weighted by atomic mass is 10.0. The number of ether oxygens (including phenoxy) is 2. The fraction of sp³-hybridized carbons (Fsp3) is 0.500. The maximum atomic E-state index is 14.9. The van der Waals surface area contributed by atoms with Crippen LogP contribution in [0.2, 0.25) is 0 Å². The van der Waals surface area contributed by atoms with E-state index in [2.05, 4.69) is 22.1 Å². The van der Waals surface area contributed by atoms with Crippen molar-refractivity contribution in [1.82, 2.24) is 9.88 Å². The minimum absolute atomic E-state index is 0.0523. The number of carbonyl (C=O) groups excluding carboxylic acids is 1. The second-order valence-electron chi connectivity index (χ2n) is 12.5. The van der Waals surface area contributed by atoms with Crippen LogP contribution < -0.4 is 20.4 Å². The van der Waals surface area contributed by atoms with Gasteiger partial charge in [0.25, 0.3) is 0 Å². The summed E-state index contributed by atoms with van der Waals surface area (Å²) in [6.45, 7) is 8.13. The number of amides is 1. The summed E-state index contributed by atoms with van der Waals surface area (Å²) in [6.07, 6.45) is -7.46. The van der Waals surface area contributed by atoms with Crippen molar-refractivity contribution in [2.45, 2.75) is 57.6 Å². The second-order valence-corrected chi connectivity index (χ2v) is 16.7. The van der Waals surface area contributed by atoms with Crippen LogP contribution in [0.4, 0.5) is 33.7 Å². The van der Waals surface area contributed by atoms with Crippen molar-refractivity contribution in [3.05, 3.63) is 40.8 Å². The largest absolute Gasteiger partial charge is 0.479 e. The number of anilines is 2. The van der Waals surface area contributed by atoms with E-state index in [0.717, 1.165) is 16.2 Å². The Balaban J connectivity index is 1.79. The molecular weight excluding hydrogens is 643 g/mol. The monoisotopic (exact) mass is 685 g/mol. The zero-order valence-electron chi connectivity index (χ0n) is 29.4. The van der Waals surface area contributed by atoms with Crippen LogP contribution in [0.5, 0.6) is 5.88 Å². The lowest BCUT2D eigenvalue weighted by molar-refractivity contribution is -0.126. The van der Waals surface area contributed by atoms with Gasteiger partial charge in [-0.15, -0.1) is 11.3 Å². The Hall–Kier alpha value is -3.33. The van der Waals surface area contributed by atoms with Crippen LogP contribution >= 0.6 is 18.5 Å². The number of nitrogens with one attached hydrogen (secondary N) is 1. The molecule has 8 nitrogen and oxygen atoms in total. The van der Waals surface area contributed by atoms with Gasteiger partial charge in [-0.2, -0.15) is 13.2 Å². The highest BCUT2D eigenvalue weighted by Crippen LogP contribution is 2.40.